The highest BCUT2D eigenvalue weighted by Gasteiger charge is 2.03. The monoisotopic (exact) mass is 219 g/mol. The van der Waals surface area contributed by atoms with E-state index in [-0.39, 0.29) is 0 Å². The van der Waals surface area contributed by atoms with Gasteiger partial charge in [0, 0.05) is 6.08 Å². The van der Waals surface area contributed by atoms with Gasteiger partial charge in [0.05, 0.1) is 6.07 Å². The van der Waals surface area contributed by atoms with E-state index >= 15 is 0 Å². The van der Waals surface area contributed by atoms with Crippen LogP contribution in [-0.4, -0.2) is 0 Å². The van der Waals surface area contributed by atoms with Crippen LogP contribution in [-0.2, 0) is 0 Å². The van der Waals surface area contributed by atoms with Gasteiger partial charge in [0.1, 0.15) is 0 Å². The van der Waals surface area contributed by atoms with Gasteiger partial charge in [-0.3, -0.25) is 0 Å². The molecular weight excluding hydrogens is 206 g/mol. The summed E-state index contributed by atoms with van der Waals surface area (Å²) in [5, 5.41) is 8.89. The van der Waals surface area contributed by atoms with E-state index in [2.05, 4.69) is 25.1 Å². The van der Waals surface area contributed by atoms with Crippen molar-refractivity contribution in [3.8, 4) is 6.07 Å². The predicted molar refractivity (Wildman–Crippen MR) is 70.3 cm³/mol. The minimum atomic E-state index is 0.966. The minimum absolute atomic E-state index is 0.966. The van der Waals surface area contributed by atoms with E-state index in [9.17, 15) is 0 Å². The first-order valence-electron chi connectivity index (χ1n) is 5.53. The Hall–Kier alpha value is -2.33. The van der Waals surface area contributed by atoms with Gasteiger partial charge in [0.25, 0.3) is 0 Å². The quantitative estimate of drug-likeness (QED) is 0.701. The van der Waals surface area contributed by atoms with Crippen LogP contribution in [0.1, 0.15) is 16.7 Å². The highest BCUT2D eigenvalue weighted by molar-refractivity contribution is 5.81. The molecule has 0 amide bonds. The highest BCUT2D eigenvalue weighted by Crippen LogP contribution is 2.23. The summed E-state index contributed by atoms with van der Waals surface area (Å²) in [6, 6.07) is 20.3. The van der Waals surface area contributed by atoms with Gasteiger partial charge in [0.2, 0.25) is 0 Å². The van der Waals surface area contributed by atoms with E-state index in [0.717, 1.165) is 16.7 Å². The fourth-order valence-electron chi connectivity index (χ4n) is 1.75. The molecule has 82 valence electrons. The molecular formula is C16H13N. The number of allylic oxidation sites excluding steroid dienone is 1. The first-order chi connectivity index (χ1) is 8.31. The van der Waals surface area contributed by atoms with Crippen LogP contribution >= 0.6 is 0 Å². The predicted octanol–water partition coefficient (Wildman–Crippen LogP) is 3.95. The third-order valence-corrected chi connectivity index (χ3v) is 2.66. The molecule has 0 aliphatic carbocycles. The van der Waals surface area contributed by atoms with Crippen molar-refractivity contribution in [3.63, 3.8) is 0 Å². The summed E-state index contributed by atoms with van der Waals surface area (Å²) in [6.07, 6.45) is 1.60. The Balaban J connectivity index is 2.48. The lowest BCUT2D eigenvalue weighted by Crippen LogP contribution is -1.87. The second-order valence-electron chi connectivity index (χ2n) is 3.92. The maximum Gasteiger partial charge on any atom is 0.0918 e. The van der Waals surface area contributed by atoms with Crippen molar-refractivity contribution in [3.05, 3.63) is 77.4 Å². The van der Waals surface area contributed by atoms with Crippen LogP contribution in [0.3, 0.4) is 0 Å². The van der Waals surface area contributed by atoms with Gasteiger partial charge in [0.15, 0.2) is 0 Å². The zero-order valence-electron chi connectivity index (χ0n) is 9.72. The van der Waals surface area contributed by atoms with Crippen LogP contribution in [0.5, 0.6) is 0 Å². The Kier molecular flexibility index (Phi) is 3.37. The summed E-state index contributed by atoms with van der Waals surface area (Å²) in [7, 11) is 0. The number of hydrogen-bond acceptors (Lipinski definition) is 1. The first kappa shape index (κ1) is 11.2. The molecule has 0 N–H and O–H groups in total. The van der Waals surface area contributed by atoms with Crippen molar-refractivity contribution < 1.29 is 0 Å². The molecule has 0 aliphatic rings. The van der Waals surface area contributed by atoms with Crippen molar-refractivity contribution in [2.75, 3.05) is 0 Å². The van der Waals surface area contributed by atoms with Gasteiger partial charge in [-0.2, -0.15) is 5.26 Å². The maximum atomic E-state index is 8.89. The van der Waals surface area contributed by atoms with E-state index in [1.807, 2.05) is 42.5 Å². The third kappa shape index (κ3) is 2.62. The molecule has 0 unspecified atom stereocenters. The van der Waals surface area contributed by atoms with Crippen LogP contribution in [0, 0.1) is 18.3 Å². The molecule has 0 bridgehead atoms. The van der Waals surface area contributed by atoms with Crippen LogP contribution in [0.2, 0.25) is 0 Å². The molecule has 0 fully saturated rings. The smallest absolute Gasteiger partial charge is 0.0918 e. The topological polar surface area (TPSA) is 23.8 Å². The fraction of sp³-hybridized carbons (Fsp3) is 0.0625. The summed E-state index contributed by atoms with van der Waals surface area (Å²) >= 11 is 0. The number of rotatable bonds is 2. The molecule has 1 nitrogen and oxygen atoms in total. The lowest BCUT2D eigenvalue weighted by molar-refractivity contribution is 1.44. The molecule has 0 spiro atoms. The standard InChI is InChI=1S/C16H13N/c1-13-7-9-15(10-8-13)16(11-12-17)14-5-3-2-4-6-14/h2-11H,1H3. The SMILES string of the molecule is Cc1ccc(C(=CC#N)c2ccccc2)cc1. The molecule has 2 rings (SSSR count). The molecule has 1 heteroatoms. The molecule has 0 aliphatic heterocycles. The minimum Gasteiger partial charge on any atom is -0.193 e. The van der Waals surface area contributed by atoms with Crippen molar-refractivity contribution in [1.82, 2.24) is 0 Å². The van der Waals surface area contributed by atoms with Crippen LogP contribution in [0.4, 0.5) is 0 Å². The van der Waals surface area contributed by atoms with Gasteiger partial charge in [-0.15, -0.1) is 0 Å². The second-order valence-corrected chi connectivity index (χ2v) is 3.92. The van der Waals surface area contributed by atoms with Crippen molar-refractivity contribution in [1.29, 1.82) is 5.26 Å². The molecule has 2 aromatic carbocycles. The Morgan fingerprint density at radius 1 is 0.941 bits per heavy atom. The largest absolute Gasteiger partial charge is 0.193 e. The second kappa shape index (κ2) is 5.14. The maximum absolute atomic E-state index is 8.89. The number of aryl methyl sites for hydroxylation is 1. The first-order valence-corrected chi connectivity index (χ1v) is 5.53. The summed E-state index contributed by atoms with van der Waals surface area (Å²) in [4.78, 5) is 0. The summed E-state index contributed by atoms with van der Waals surface area (Å²) < 4.78 is 0. The average Bonchev–Trinajstić information content (AvgIpc) is 2.38. The van der Waals surface area contributed by atoms with E-state index in [0.29, 0.717) is 0 Å². The number of benzene rings is 2. The fourth-order valence-corrected chi connectivity index (χ4v) is 1.75. The van der Waals surface area contributed by atoms with E-state index < -0.39 is 0 Å². The molecule has 0 radical (unpaired) electrons. The molecule has 0 atom stereocenters. The van der Waals surface area contributed by atoms with E-state index in [1.165, 1.54) is 5.56 Å². The van der Waals surface area contributed by atoms with Crippen LogP contribution < -0.4 is 0 Å². The summed E-state index contributed by atoms with van der Waals surface area (Å²) in [6.45, 7) is 2.06. The molecule has 2 aromatic rings. The average molecular weight is 219 g/mol. The van der Waals surface area contributed by atoms with E-state index in [4.69, 9.17) is 5.26 Å². The zero-order valence-corrected chi connectivity index (χ0v) is 9.72. The molecule has 0 aromatic heterocycles. The third-order valence-electron chi connectivity index (χ3n) is 2.66. The van der Waals surface area contributed by atoms with E-state index in [1.54, 1.807) is 6.08 Å². The van der Waals surface area contributed by atoms with Gasteiger partial charge in [-0.05, 0) is 23.6 Å². The Morgan fingerprint density at radius 2 is 1.53 bits per heavy atom. The lowest BCUT2D eigenvalue weighted by atomic mass is 9.97. The van der Waals surface area contributed by atoms with Crippen molar-refractivity contribution in [2.45, 2.75) is 6.92 Å². The Morgan fingerprint density at radius 3 is 2.12 bits per heavy atom. The Bertz CT molecular complexity index is 557. The summed E-state index contributed by atoms with van der Waals surface area (Å²) in [5.41, 5.74) is 4.33. The van der Waals surface area contributed by atoms with Gasteiger partial charge in [-0.1, -0.05) is 60.2 Å². The van der Waals surface area contributed by atoms with Gasteiger partial charge < -0.3 is 0 Å². The molecule has 0 saturated heterocycles. The molecule has 0 heterocycles. The number of hydrogen-bond donors (Lipinski definition) is 0. The van der Waals surface area contributed by atoms with Crippen molar-refractivity contribution >= 4 is 5.57 Å². The van der Waals surface area contributed by atoms with Crippen LogP contribution in [0.25, 0.3) is 5.57 Å². The van der Waals surface area contributed by atoms with Crippen molar-refractivity contribution in [2.24, 2.45) is 0 Å². The molecule has 17 heavy (non-hydrogen) atoms. The Labute approximate surface area is 102 Å². The zero-order chi connectivity index (χ0) is 12.1. The number of nitriles is 1. The van der Waals surface area contributed by atoms with Crippen LogP contribution in [0.15, 0.2) is 60.7 Å². The van der Waals surface area contributed by atoms with Gasteiger partial charge in [-0.25, -0.2) is 0 Å². The lowest BCUT2D eigenvalue weighted by Gasteiger charge is -2.07. The van der Waals surface area contributed by atoms with Gasteiger partial charge >= 0.3 is 0 Å². The normalized spacial score (nSPS) is 10.9. The molecule has 0 saturated carbocycles. The highest BCUT2D eigenvalue weighted by atomic mass is 14.2. The number of nitrogens with zero attached hydrogens (tertiary/aromatic N) is 1. The summed E-state index contributed by atoms with van der Waals surface area (Å²) in [5.74, 6) is 0.